The first-order valence-corrected chi connectivity index (χ1v) is 5.62. The van der Waals surface area contributed by atoms with E-state index in [0.29, 0.717) is 5.96 Å². The Hall–Kier alpha value is -2.09. The Morgan fingerprint density at radius 1 is 1.47 bits per heavy atom. The Labute approximate surface area is 102 Å². The van der Waals surface area contributed by atoms with Crippen LogP contribution in [0.1, 0.15) is 18.5 Å². The number of pyridine rings is 1. The highest BCUT2D eigenvalue weighted by Gasteiger charge is 1.96. The third kappa shape index (κ3) is 5.52. The van der Waals surface area contributed by atoms with Crippen molar-refractivity contribution in [1.82, 2.24) is 15.6 Å². The average Bonchev–Trinajstić information content (AvgIpc) is 2.38. The van der Waals surface area contributed by atoms with Gasteiger partial charge < -0.3 is 5.32 Å². The fourth-order valence-electron chi connectivity index (χ4n) is 1.42. The van der Waals surface area contributed by atoms with Crippen molar-refractivity contribution >= 4 is 5.96 Å². The molecule has 0 saturated heterocycles. The molecule has 0 spiro atoms. The van der Waals surface area contributed by atoms with Gasteiger partial charge in [-0.05, 0) is 31.4 Å². The van der Waals surface area contributed by atoms with Crippen molar-refractivity contribution in [2.45, 2.75) is 19.3 Å². The molecule has 1 heterocycles. The number of rotatable bonds is 5. The molecule has 2 N–H and O–H groups in total. The van der Waals surface area contributed by atoms with Crippen LogP contribution in [-0.4, -0.2) is 24.5 Å². The molecule has 0 atom stereocenters. The van der Waals surface area contributed by atoms with Gasteiger partial charge in [0, 0.05) is 25.5 Å². The molecule has 0 fully saturated rings. The van der Waals surface area contributed by atoms with E-state index in [0.717, 1.165) is 31.5 Å². The van der Waals surface area contributed by atoms with Crippen LogP contribution in [0.3, 0.4) is 0 Å². The van der Waals surface area contributed by atoms with E-state index in [4.69, 9.17) is 5.26 Å². The first-order valence-electron chi connectivity index (χ1n) is 5.62. The Morgan fingerprint density at radius 3 is 3.00 bits per heavy atom. The number of aryl methyl sites for hydroxylation is 1. The third-order valence-corrected chi connectivity index (χ3v) is 2.28. The van der Waals surface area contributed by atoms with Crippen LogP contribution in [0.5, 0.6) is 0 Å². The van der Waals surface area contributed by atoms with E-state index in [2.05, 4.69) is 20.6 Å². The van der Waals surface area contributed by atoms with Gasteiger partial charge in [-0.1, -0.05) is 6.07 Å². The highest BCUT2D eigenvalue weighted by Crippen LogP contribution is 2.00. The lowest BCUT2D eigenvalue weighted by atomic mass is 10.2. The molecule has 17 heavy (non-hydrogen) atoms. The van der Waals surface area contributed by atoms with Crippen molar-refractivity contribution in [2.75, 3.05) is 13.6 Å². The molecule has 1 aromatic rings. The van der Waals surface area contributed by atoms with Crippen LogP contribution in [0.4, 0.5) is 0 Å². The number of hydrogen-bond donors (Lipinski definition) is 2. The number of guanidine groups is 1. The van der Waals surface area contributed by atoms with Gasteiger partial charge in [0.15, 0.2) is 6.19 Å². The molecule has 0 aliphatic heterocycles. The zero-order valence-corrected chi connectivity index (χ0v) is 9.98. The molecule has 5 heteroatoms. The zero-order chi connectivity index (χ0) is 12.3. The molecule has 0 aliphatic rings. The second-order valence-corrected chi connectivity index (χ2v) is 3.51. The van der Waals surface area contributed by atoms with Gasteiger partial charge in [0.2, 0.25) is 5.96 Å². The van der Waals surface area contributed by atoms with Gasteiger partial charge in [-0.25, -0.2) is 0 Å². The lowest BCUT2D eigenvalue weighted by molar-refractivity contribution is 0.695. The van der Waals surface area contributed by atoms with Gasteiger partial charge in [-0.3, -0.25) is 15.3 Å². The van der Waals surface area contributed by atoms with E-state index in [9.17, 15) is 0 Å². The predicted molar refractivity (Wildman–Crippen MR) is 67.3 cm³/mol. The van der Waals surface area contributed by atoms with Crippen LogP contribution in [0.2, 0.25) is 0 Å². The van der Waals surface area contributed by atoms with E-state index in [1.165, 1.54) is 0 Å². The van der Waals surface area contributed by atoms with Gasteiger partial charge in [-0.2, -0.15) is 5.26 Å². The Balaban J connectivity index is 2.11. The molecular formula is C12H17N5. The van der Waals surface area contributed by atoms with Crippen molar-refractivity contribution in [2.24, 2.45) is 4.99 Å². The lowest BCUT2D eigenvalue weighted by Crippen LogP contribution is -2.34. The predicted octanol–water partition coefficient (Wildman–Crippen LogP) is 1.05. The summed E-state index contributed by atoms with van der Waals surface area (Å²) in [6, 6.07) is 5.95. The fraction of sp³-hybridized carbons (Fsp3) is 0.417. The van der Waals surface area contributed by atoms with Gasteiger partial charge in [-0.15, -0.1) is 0 Å². The topological polar surface area (TPSA) is 73.1 Å². The molecular weight excluding hydrogens is 214 g/mol. The number of hydrogen-bond acceptors (Lipinski definition) is 3. The van der Waals surface area contributed by atoms with Crippen molar-refractivity contribution in [3.63, 3.8) is 0 Å². The minimum Gasteiger partial charge on any atom is -0.356 e. The van der Waals surface area contributed by atoms with E-state index in [1.54, 1.807) is 7.05 Å². The first-order chi connectivity index (χ1) is 8.36. The SMILES string of the molecule is CN=C(NC#N)NCCCCc1ccccn1. The first kappa shape index (κ1) is 13.0. The Kier molecular flexibility index (Phi) is 6.19. The molecule has 0 aliphatic carbocycles. The summed E-state index contributed by atoms with van der Waals surface area (Å²) in [6.07, 6.45) is 6.70. The van der Waals surface area contributed by atoms with E-state index < -0.39 is 0 Å². The Bertz CT molecular complexity index is 380. The molecule has 0 aromatic carbocycles. The smallest absolute Gasteiger partial charge is 0.204 e. The van der Waals surface area contributed by atoms with Crippen LogP contribution in [0, 0.1) is 11.5 Å². The van der Waals surface area contributed by atoms with Gasteiger partial charge in [0.1, 0.15) is 0 Å². The summed E-state index contributed by atoms with van der Waals surface area (Å²) in [4.78, 5) is 8.15. The van der Waals surface area contributed by atoms with Crippen LogP contribution >= 0.6 is 0 Å². The number of nitrogens with one attached hydrogen (secondary N) is 2. The molecule has 0 unspecified atom stereocenters. The summed E-state index contributed by atoms with van der Waals surface area (Å²) in [7, 11) is 1.64. The summed E-state index contributed by atoms with van der Waals surface area (Å²) in [6.45, 7) is 0.800. The monoisotopic (exact) mass is 231 g/mol. The second-order valence-electron chi connectivity index (χ2n) is 3.51. The quantitative estimate of drug-likeness (QED) is 0.261. The molecule has 1 aromatic heterocycles. The maximum atomic E-state index is 8.43. The van der Waals surface area contributed by atoms with Crippen molar-refractivity contribution in [3.8, 4) is 6.19 Å². The summed E-state index contributed by atoms with van der Waals surface area (Å²) < 4.78 is 0. The molecule has 0 saturated carbocycles. The van der Waals surface area contributed by atoms with Gasteiger partial charge in [0.25, 0.3) is 0 Å². The Morgan fingerprint density at radius 2 is 2.35 bits per heavy atom. The molecule has 0 amide bonds. The van der Waals surface area contributed by atoms with Gasteiger partial charge >= 0.3 is 0 Å². The molecule has 1 rings (SSSR count). The molecule has 0 radical (unpaired) electrons. The van der Waals surface area contributed by atoms with Crippen molar-refractivity contribution in [3.05, 3.63) is 30.1 Å². The normalized spacial score (nSPS) is 10.7. The third-order valence-electron chi connectivity index (χ3n) is 2.28. The summed E-state index contributed by atoms with van der Waals surface area (Å²) in [5.74, 6) is 0.519. The van der Waals surface area contributed by atoms with Crippen LogP contribution in [0.25, 0.3) is 0 Å². The highest BCUT2D eigenvalue weighted by molar-refractivity contribution is 5.80. The minimum atomic E-state index is 0.519. The number of aromatic nitrogens is 1. The molecule has 5 nitrogen and oxygen atoms in total. The number of unbranched alkanes of at least 4 members (excludes halogenated alkanes) is 1. The summed E-state index contributed by atoms with van der Waals surface area (Å²) in [5, 5.41) is 14.0. The van der Waals surface area contributed by atoms with Crippen LogP contribution in [-0.2, 0) is 6.42 Å². The van der Waals surface area contributed by atoms with E-state index >= 15 is 0 Å². The van der Waals surface area contributed by atoms with E-state index in [1.807, 2.05) is 30.6 Å². The largest absolute Gasteiger partial charge is 0.356 e. The van der Waals surface area contributed by atoms with E-state index in [-0.39, 0.29) is 0 Å². The van der Waals surface area contributed by atoms with Gasteiger partial charge in [0.05, 0.1) is 0 Å². The average molecular weight is 231 g/mol. The number of nitrogens with zero attached hydrogens (tertiary/aromatic N) is 3. The van der Waals surface area contributed by atoms with Crippen LogP contribution in [0.15, 0.2) is 29.4 Å². The maximum absolute atomic E-state index is 8.43. The number of nitriles is 1. The molecule has 90 valence electrons. The molecule has 0 bridgehead atoms. The maximum Gasteiger partial charge on any atom is 0.204 e. The summed E-state index contributed by atoms with van der Waals surface area (Å²) >= 11 is 0. The highest BCUT2D eigenvalue weighted by atomic mass is 15.2. The summed E-state index contributed by atoms with van der Waals surface area (Å²) in [5.41, 5.74) is 1.12. The van der Waals surface area contributed by atoms with Crippen molar-refractivity contribution in [1.29, 1.82) is 5.26 Å². The standard InChI is InChI=1S/C12H17N5/c1-14-12(17-10-13)16-9-5-3-7-11-6-2-4-8-15-11/h2,4,6,8H,3,5,7,9H2,1H3,(H2,14,16,17). The van der Waals surface area contributed by atoms with Crippen LogP contribution < -0.4 is 10.6 Å². The minimum absolute atomic E-state index is 0.519. The second kappa shape index (κ2) is 8.11. The lowest BCUT2D eigenvalue weighted by Gasteiger charge is -2.06. The van der Waals surface area contributed by atoms with Crippen molar-refractivity contribution < 1.29 is 0 Å². The number of aliphatic imine (C=N–C) groups is 1. The fourth-order valence-corrected chi connectivity index (χ4v) is 1.42. The zero-order valence-electron chi connectivity index (χ0n) is 9.98.